The third-order valence-corrected chi connectivity index (χ3v) is 10.2. The van der Waals surface area contributed by atoms with Gasteiger partial charge in [0.15, 0.2) is 18.1 Å². The number of hydrogen-bond donors (Lipinski definition) is 3. The minimum Gasteiger partial charge on any atom is -0.493 e. The standard InChI is InChI=1S/C38H52N6O8S/c1-24(2)14-15-38(37(48)40-21-31-25(3)42-26(4)53-31)20-27-10-12-29(30(19-27)49-5)52-22-33(46)39-16-18-44(17-8-9-32(45)41-23-38)36(47)28-11-13-34(50-6)43-35(28)51-7/h10-13,19,24H,8-9,14-18,20-23H2,1-7H3,(H,39,46)(H,40,48)(H,41,45). The smallest absolute Gasteiger partial charge is 0.259 e. The second kappa shape index (κ2) is 19.2. The van der Waals surface area contributed by atoms with E-state index in [0.29, 0.717) is 43.2 Å². The number of fused-ring (bicyclic) bond motifs is 16. The van der Waals surface area contributed by atoms with E-state index in [-0.39, 0.29) is 80.2 Å². The molecule has 2 aromatic heterocycles. The van der Waals surface area contributed by atoms with Gasteiger partial charge in [0.1, 0.15) is 5.56 Å². The number of amides is 4. The van der Waals surface area contributed by atoms with Crippen LogP contribution in [0.15, 0.2) is 30.3 Å². The van der Waals surface area contributed by atoms with Crippen molar-refractivity contribution >= 4 is 35.0 Å². The first kappa shape index (κ1) is 40.8. The van der Waals surface area contributed by atoms with Crippen molar-refractivity contribution in [3.05, 3.63) is 57.0 Å². The number of rotatable bonds is 10. The van der Waals surface area contributed by atoms with Gasteiger partial charge in [-0.1, -0.05) is 19.9 Å². The van der Waals surface area contributed by atoms with Gasteiger partial charge < -0.3 is 39.8 Å². The van der Waals surface area contributed by atoms with E-state index in [1.165, 1.54) is 21.3 Å². The van der Waals surface area contributed by atoms with E-state index >= 15 is 0 Å². The third kappa shape index (κ3) is 11.3. The molecule has 53 heavy (non-hydrogen) atoms. The summed E-state index contributed by atoms with van der Waals surface area (Å²) >= 11 is 1.54. The molecular weight excluding hydrogens is 701 g/mol. The van der Waals surface area contributed by atoms with Gasteiger partial charge in [-0.15, -0.1) is 11.3 Å². The highest BCUT2D eigenvalue weighted by Crippen LogP contribution is 2.35. The molecule has 2 aliphatic heterocycles. The van der Waals surface area contributed by atoms with Crippen LogP contribution in [-0.2, 0) is 27.3 Å². The molecular formula is C38H52N6O8S. The van der Waals surface area contributed by atoms with E-state index in [2.05, 4.69) is 39.8 Å². The van der Waals surface area contributed by atoms with Crippen molar-refractivity contribution in [3.8, 4) is 23.3 Å². The maximum absolute atomic E-state index is 14.4. The molecule has 0 saturated heterocycles. The molecule has 2 aliphatic rings. The van der Waals surface area contributed by atoms with Crippen LogP contribution < -0.4 is 34.9 Å². The largest absolute Gasteiger partial charge is 0.493 e. The van der Waals surface area contributed by atoms with Gasteiger partial charge in [-0.05, 0) is 69.2 Å². The highest BCUT2D eigenvalue weighted by atomic mass is 32.1. The fraction of sp³-hybridized carbons (Fsp3) is 0.526. The average Bonchev–Trinajstić information content (AvgIpc) is 3.48. The number of nitrogens with one attached hydrogen (secondary N) is 3. The summed E-state index contributed by atoms with van der Waals surface area (Å²) in [5, 5.41) is 9.96. The molecule has 0 saturated carbocycles. The van der Waals surface area contributed by atoms with Gasteiger partial charge in [0, 0.05) is 43.5 Å². The van der Waals surface area contributed by atoms with E-state index in [1.807, 2.05) is 26.0 Å². The monoisotopic (exact) mass is 752 g/mol. The molecule has 14 nitrogen and oxygen atoms in total. The zero-order valence-corrected chi connectivity index (χ0v) is 32.6. The summed E-state index contributed by atoms with van der Waals surface area (Å²) < 4.78 is 22.1. The lowest BCUT2D eigenvalue weighted by atomic mass is 9.75. The first-order valence-electron chi connectivity index (χ1n) is 17.8. The van der Waals surface area contributed by atoms with Crippen molar-refractivity contribution in [2.24, 2.45) is 11.3 Å². The van der Waals surface area contributed by atoms with Crippen LogP contribution in [0.4, 0.5) is 0 Å². The quantitative estimate of drug-likeness (QED) is 0.257. The summed E-state index contributed by atoms with van der Waals surface area (Å²) in [6.45, 7) is 8.71. The van der Waals surface area contributed by atoms with Crippen LogP contribution in [0.2, 0.25) is 0 Å². The Hall–Kier alpha value is -4.92. The number of benzene rings is 1. The molecule has 0 spiro atoms. The van der Waals surface area contributed by atoms with Crippen LogP contribution in [0.25, 0.3) is 0 Å². The van der Waals surface area contributed by atoms with Gasteiger partial charge >= 0.3 is 0 Å². The zero-order chi connectivity index (χ0) is 38.5. The highest BCUT2D eigenvalue weighted by Gasteiger charge is 2.39. The van der Waals surface area contributed by atoms with E-state index < -0.39 is 5.41 Å². The first-order chi connectivity index (χ1) is 25.4. The van der Waals surface area contributed by atoms with Gasteiger partial charge in [-0.25, -0.2) is 4.98 Å². The number of aromatic nitrogens is 2. The van der Waals surface area contributed by atoms with Gasteiger partial charge in [0.2, 0.25) is 23.6 Å². The molecule has 1 unspecified atom stereocenters. The van der Waals surface area contributed by atoms with Crippen molar-refractivity contribution in [3.63, 3.8) is 0 Å². The summed E-state index contributed by atoms with van der Waals surface area (Å²) in [7, 11) is 4.39. The second-order valence-corrected chi connectivity index (χ2v) is 14.8. The summed E-state index contributed by atoms with van der Waals surface area (Å²) in [6, 6.07) is 8.52. The number of ether oxygens (including phenoxy) is 4. The summed E-state index contributed by atoms with van der Waals surface area (Å²) in [5.74, 6) is 0.265. The Bertz CT molecular complexity index is 1750. The number of thiazole rings is 1. The van der Waals surface area contributed by atoms with Crippen LogP contribution in [0.3, 0.4) is 0 Å². The van der Waals surface area contributed by atoms with Crippen LogP contribution in [0.5, 0.6) is 23.3 Å². The molecule has 15 heteroatoms. The van der Waals surface area contributed by atoms with Gasteiger partial charge in [-0.2, -0.15) is 4.98 Å². The maximum Gasteiger partial charge on any atom is 0.259 e. The molecule has 5 rings (SSSR count). The number of hydrogen-bond acceptors (Lipinski definition) is 11. The van der Waals surface area contributed by atoms with Crippen LogP contribution in [0, 0.1) is 25.2 Å². The lowest BCUT2D eigenvalue weighted by Crippen LogP contribution is -2.50. The van der Waals surface area contributed by atoms with E-state index in [0.717, 1.165) is 27.6 Å². The fourth-order valence-corrected chi connectivity index (χ4v) is 7.02. The third-order valence-electron chi connectivity index (χ3n) is 9.13. The second-order valence-electron chi connectivity index (χ2n) is 13.5. The number of carbonyl (C=O) groups is 4. The zero-order valence-electron chi connectivity index (χ0n) is 31.8. The van der Waals surface area contributed by atoms with Crippen molar-refractivity contribution in [1.29, 1.82) is 0 Å². The van der Waals surface area contributed by atoms with Crippen LogP contribution in [0.1, 0.15) is 71.0 Å². The number of nitrogens with zero attached hydrogens (tertiary/aromatic N) is 3. The molecule has 0 aliphatic carbocycles. The van der Waals surface area contributed by atoms with Crippen LogP contribution >= 0.6 is 11.3 Å². The normalized spacial score (nSPS) is 17.5. The average molecular weight is 753 g/mol. The van der Waals surface area contributed by atoms with E-state index in [1.54, 1.807) is 34.4 Å². The van der Waals surface area contributed by atoms with Crippen molar-refractivity contribution in [2.75, 3.05) is 54.1 Å². The number of pyridine rings is 1. The first-order valence-corrected chi connectivity index (χ1v) is 18.6. The van der Waals surface area contributed by atoms with Gasteiger partial charge in [0.05, 0.1) is 44.0 Å². The van der Waals surface area contributed by atoms with E-state index in [4.69, 9.17) is 18.9 Å². The fourth-order valence-electron chi connectivity index (χ4n) is 6.15. The minimum atomic E-state index is -1.01. The Morgan fingerprint density at radius 2 is 1.81 bits per heavy atom. The molecule has 288 valence electrons. The molecule has 1 aromatic carbocycles. The summed E-state index contributed by atoms with van der Waals surface area (Å²) in [5.41, 5.74) is 0.892. The Morgan fingerprint density at radius 1 is 1.02 bits per heavy atom. The predicted octanol–water partition coefficient (Wildman–Crippen LogP) is 4.01. The minimum absolute atomic E-state index is 0.0940. The molecule has 4 amide bonds. The van der Waals surface area contributed by atoms with Crippen molar-refractivity contribution in [2.45, 2.75) is 66.3 Å². The Balaban J connectivity index is 1.65. The molecule has 0 radical (unpaired) electrons. The molecule has 0 fully saturated rings. The Labute approximate surface area is 315 Å². The highest BCUT2D eigenvalue weighted by molar-refractivity contribution is 7.11. The Kier molecular flexibility index (Phi) is 14.8. The number of carbonyl (C=O) groups excluding carboxylic acids is 4. The molecule has 3 aromatic rings. The van der Waals surface area contributed by atoms with Crippen molar-refractivity contribution in [1.82, 2.24) is 30.8 Å². The maximum atomic E-state index is 14.4. The molecule has 2 bridgehead atoms. The predicted molar refractivity (Wildman–Crippen MR) is 201 cm³/mol. The SMILES string of the molecule is COc1ccc(C(=O)N2CCCC(=O)NCC(CCC(C)C)(C(=O)NCc3sc(C)nc3C)Cc3ccc(c(OC)c3)OCC(=O)NCC2)c(OC)n1. The topological polar surface area (TPSA) is 170 Å². The molecule has 1 atom stereocenters. The lowest BCUT2D eigenvalue weighted by molar-refractivity contribution is -0.132. The molecule has 4 heterocycles. The lowest BCUT2D eigenvalue weighted by Gasteiger charge is -2.34. The Morgan fingerprint density at radius 3 is 2.49 bits per heavy atom. The van der Waals surface area contributed by atoms with E-state index in [9.17, 15) is 19.2 Å². The van der Waals surface area contributed by atoms with Gasteiger partial charge in [0.25, 0.3) is 11.8 Å². The summed E-state index contributed by atoms with van der Waals surface area (Å²) in [6.07, 6.45) is 2.00. The van der Waals surface area contributed by atoms with Crippen LogP contribution in [-0.4, -0.2) is 92.6 Å². The summed E-state index contributed by atoms with van der Waals surface area (Å²) in [4.78, 5) is 65.8. The molecule has 3 N–H and O–H groups in total. The number of methoxy groups -OCH3 is 3. The van der Waals surface area contributed by atoms with Crippen molar-refractivity contribution < 1.29 is 38.1 Å². The van der Waals surface area contributed by atoms with Gasteiger partial charge in [-0.3, -0.25) is 19.2 Å². The number of aryl methyl sites for hydroxylation is 2.